The summed E-state index contributed by atoms with van der Waals surface area (Å²) in [6.07, 6.45) is 2.02. The largest absolute Gasteiger partial charge is 0.399 e. The highest BCUT2D eigenvalue weighted by molar-refractivity contribution is 5.27. The molecule has 0 heterocycles. The van der Waals surface area contributed by atoms with Gasteiger partial charge in [0.25, 0.3) is 0 Å². The van der Waals surface area contributed by atoms with E-state index in [2.05, 4.69) is 27.7 Å². The standard InChI is InChI=1S/C11H22N2.C2H6/c1-8(7-12)10(13)6-9(2)11(3,4)5;1-2/h6H,7,12-13H2,1-5H3;1-2H3/b9-6+,10-8+;. The van der Waals surface area contributed by atoms with Gasteiger partial charge in [-0.3, -0.25) is 0 Å². The Bertz CT molecular complexity index is 229. The summed E-state index contributed by atoms with van der Waals surface area (Å²) < 4.78 is 0. The van der Waals surface area contributed by atoms with Gasteiger partial charge in [0.1, 0.15) is 0 Å². The molecule has 0 fully saturated rings. The smallest absolute Gasteiger partial charge is 0.0315 e. The van der Waals surface area contributed by atoms with Gasteiger partial charge in [-0.1, -0.05) is 40.2 Å². The van der Waals surface area contributed by atoms with Crippen LogP contribution in [0.5, 0.6) is 0 Å². The predicted molar refractivity (Wildman–Crippen MR) is 70.5 cm³/mol. The van der Waals surface area contributed by atoms with Gasteiger partial charge >= 0.3 is 0 Å². The second kappa shape index (κ2) is 7.52. The lowest BCUT2D eigenvalue weighted by molar-refractivity contribution is 0.503. The van der Waals surface area contributed by atoms with Crippen LogP contribution in [0.1, 0.15) is 48.5 Å². The third-order valence-corrected chi connectivity index (χ3v) is 2.35. The van der Waals surface area contributed by atoms with Crippen LogP contribution in [-0.4, -0.2) is 6.54 Å². The molecule has 0 aromatic carbocycles. The fourth-order valence-electron chi connectivity index (χ4n) is 0.691. The van der Waals surface area contributed by atoms with Gasteiger partial charge in [-0.15, -0.1) is 0 Å². The van der Waals surface area contributed by atoms with Crippen molar-refractivity contribution in [1.82, 2.24) is 0 Å². The lowest BCUT2D eigenvalue weighted by Gasteiger charge is -2.19. The van der Waals surface area contributed by atoms with Crippen molar-refractivity contribution in [3.63, 3.8) is 0 Å². The summed E-state index contributed by atoms with van der Waals surface area (Å²) in [7, 11) is 0. The molecule has 0 aliphatic carbocycles. The Labute approximate surface area is 95.4 Å². The first-order valence-corrected chi connectivity index (χ1v) is 5.63. The molecule has 0 radical (unpaired) electrons. The highest BCUT2D eigenvalue weighted by Crippen LogP contribution is 2.25. The third-order valence-electron chi connectivity index (χ3n) is 2.35. The van der Waals surface area contributed by atoms with E-state index in [0.717, 1.165) is 11.3 Å². The van der Waals surface area contributed by atoms with Crippen LogP contribution in [0.25, 0.3) is 0 Å². The van der Waals surface area contributed by atoms with E-state index >= 15 is 0 Å². The third kappa shape index (κ3) is 7.20. The fraction of sp³-hybridized carbons (Fsp3) is 0.692. The van der Waals surface area contributed by atoms with Crippen LogP contribution in [0.15, 0.2) is 22.9 Å². The molecule has 0 bridgehead atoms. The topological polar surface area (TPSA) is 52.0 Å². The van der Waals surface area contributed by atoms with Crippen molar-refractivity contribution in [2.75, 3.05) is 6.54 Å². The maximum absolute atomic E-state index is 5.85. The lowest BCUT2D eigenvalue weighted by Crippen LogP contribution is -2.11. The van der Waals surface area contributed by atoms with E-state index < -0.39 is 0 Å². The Morgan fingerprint density at radius 1 is 1.13 bits per heavy atom. The predicted octanol–water partition coefficient (Wildman–Crippen LogP) is 3.20. The summed E-state index contributed by atoms with van der Waals surface area (Å²) in [6.45, 7) is 15.1. The average molecular weight is 212 g/mol. The molecule has 2 nitrogen and oxygen atoms in total. The van der Waals surface area contributed by atoms with Crippen molar-refractivity contribution in [3.8, 4) is 0 Å². The van der Waals surface area contributed by atoms with Gasteiger partial charge in [0, 0.05) is 12.2 Å². The van der Waals surface area contributed by atoms with Crippen LogP contribution in [-0.2, 0) is 0 Å². The summed E-state index contributed by atoms with van der Waals surface area (Å²) in [5.41, 5.74) is 14.6. The Morgan fingerprint density at radius 3 is 1.80 bits per heavy atom. The van der Waals surface area contributed by atoms with Crippen LogP contribution in [0.4, 0.5) is 0 Å². The monoisotopic (exact) mass is 212 g/mol. The van der Waals surface area contributed by atoms with Crippen LogP contribution < -0.4 is 11.5 Å². The second-order valence-electron chi connectivity index (χ2n) is 4.52. The van der Waals surface area contributed by atoms with Crippen molar-refractivity contribution < 1.29 is 0 Å². The molecule has 90 valence electrons. The van der Waals surface area contributed by atoms with Gasteiger partial charge in [-0.05, 0) is 30.9 Å². The normalized spacial score (nSPS) is 14.0. The van der Waals surface area contributed by atoms with Crippen molar-refractivity contribution in [3.05, 3.63) is 22.9 Å². The highest BCUT2D eigenvalue weighted by Gasteiger charge is 2.12. The van der Waals surface area contributed by atoms with E-state index in [1.807, 2.05) is 26.8 Å². The Morgan fingerprint density at radius 2 is 1.53 bits per heavy atom. The Kier molecular flexibility index (Phi) is 8.35. The number of allylic oxidation sites excluding steroid dienone is 2. The molecule has 0 amide bonds. The van der Waals surface area contributed by atoms with Gasteiger partial charge in [0.15, 0.2) is 0 Å². The van der Waals surface area contributed by atoms with E-state index in [9.17, 15) is 0 Å². The Hall–Kier alpha value is -0.760. The van der Waals surface area contributed by atoms with Gasteiger partial charge in [0.05, 0.1) is 0 Å². The van der Waals surface area contributed by atoms with Gasteiger partial charge in [0.2, 0.25) is 0 Å². The zero-order valence-electron chi connectivity index (χ0n) is 11.4. The van der Waals surface area contributed by atoms with Crippen LogP contribution >= 0.6 is 0 Å². The molecule has 0 spiro atoms. The van der Waals surface area contributed by atoms with E-state index in [-0.39, 0.29) is 5.41 Å². The molecule has 0 aliphatic heterocycles. The average Bonchev–Trinajstić information content (AvgIpc) is 2.18. The zero-order valence-corrected chi connectivity index (χ0v) is 11.4. The molecule has 0 aromatic rings. The van der Waals surface area contributed by atoms with Gasteiger partial charge in [-0.25, -0.2) is 0 Å². The quantitative estimate of drug-likeness (QED) is 0.691. The second-order valence-corrected chi connectivity index (χ2v) is 4.52. The van der Waals surface area contributed by atoms with E-state index in [0.29, 0.717) is 6.54 Å². The summed E-state index contributed by atoms with van der Waals surface area (Å²) in [5, 5.41) is 0. The Balaban J connectivity index is 0. The summed E-state index contributed by atoms with van der Waals surface area (Å²) in [6, 6.07) is 0. The summed E-state index contributed by atoms with van der Waals surface area (Å²) >= 11 is 0. The van der Waals surface area contributed by atoms with Crippen LogP contribution in [0.2, 0.25) is 0 Å². The zero-order chi connectivity index (χ0) is 12.6. The molecule has 0 rings (SSSR count). The fourth-order valence-corrected chi connectivity index (χ4v) is 0.691. The summed E-state index contributed by atoms with van der Waals surface area (Å²) in [5.74, 6) is 0. The maximum Gasteiger partial charge on any atom is 0.0315 e. The van der Waals surface area contributed by atoms with Crippen LogP contribution in [0.3, 0.4) is 0 Å². The van der Waals surface area contributed by atoms with Gasteiger partial charge < -0.3 is 11.5 Å². The molecule has 0 aliphatic rings. The van der Waals surface area contributed by atoms with E-state index in [1.54, 1.807) is 0 Å². The first-order valence-electron chi connectivity index (χ1n) is 5.63. The molecular formula is C13H28N2. The number of rotatable bonds is 2. The van der Waals surface area contributed by atoms with E-state index in [4.69, 9.17) is 11.5 Å². The van der Waals surface area contributed by atoms with E-state index in [1.165, 1.54) is 5.57 Å². The molecule has 0 saturated heterocycles. The highest BCUT2D eigenvalue weighted by atomic mass is 14.6. The first-order chi connectivity index (χ1) is 6.79. The number of hydrogen-bond acceptors (Lipinski definition) is 2. The minimum absolute atomic E-state index is 0.180. The van der Waals surface area contributed by atoms with Crippen molar-refractivity contribution in [1.29, 1.82) is 0 Å². The molecule has 0 saturated carbocycles. The van der Waals surface area contributed by atoms with Crippen LogP contribution in [0, 0.1) is 5.41 Å². The van der Waals surface area contributed by atoms with Crippen molar-refractivity contribution >= 4 is 0 Å². The lowest BCUT2D eigenvalue weighted by atomic mass is 9.87. The number of hydrogen-bond donors (Lipinski definition) is 2. The van der Waals surface area contributed by atoms with Crippen molar-refractivity contribution in [2.45, 2.75) is 48.5 Å². The minimum Gasteiger partial charge on any atom is -0.399 e. The summed E-state index contributed by atoms with van der Waals surface area (Å²) in [4.78, 5) is 0. The molecule has 0 aromatic heterocycles. The molecule has 15 heavy (non-hydrogen) atoms. The number of nitrogens with two attached hydrogens (primary N) is 2. The first kappa shape index (κ1) is 16.7. The SMILES string of the molecule is C/C(=C\C(N)=C(\C)CN)C(C)(C)C.CC. The minimum atomic E-state index is 0.180. The maximum atomic E-state index is 5.85. The molecule has 4 N–H and O–H groups in total. The molecule has 0 atom stereocenters. The molecule has 0 unspecified atom stereocenters. The van der Waals surface area contributed by atoms with Crippen molar-refractivity contribution in [2.24, 2.45) is 16.9 Å². The van der Waals surface area contributed by atoms with Gasteiger partial charge in [-0.2, -0.15) is 0 Å². The molecular weight excluding hydrogens is 184 g/mol. The molecule has 2 heteroatoms.